The molecule has 0 N–H and O–H groups in total. The first kappa shape index (κ1) is 13.1. The largest absolute Gasteiger partial charge is 0.0804 e. The second kappa shape index (κ2) is 5.14. The number of benzene rings is 1. The van der Waals surface area contributed by atoms with Gasteiger partial charge in [0.05, 0.1) is 0 Å². The van der Waals surface area contributed by atoms with E-state index in [1.54, 1.807) is 0 Å². The Balaban J connectivity index is 2.46. The maximum absolute atomic E-state index is 2.41. The van der Waals surface area contributed by atoms with Crippen LogP contribution in [0.15, 0.2) is 42.0 Å². The van der Waals surface area contributed by atoms with Gasteiger partial charge in [0.25, 0.3) is 0 Å². The average molecular weight is 240 g/mol. The summed E-state index contributed by atoms with van der Waals surface area (Å²) in [5.41, 5.74) is 6.02. The van der Waals surface area contributed by atoms with Gasteiger partial charge in [-0.3, -0.25) is 0 Å². The first-order chi connectivity index (χ1) is 8.59. The van der Waals surface area contributed by atoms with Crippen LogP contribution >= 0.6 is 0 Å². The van der Waals surface area contributed by atoms with Crippen LogP contribution < -0.4 is 0 Å². The smallest absolute Gasteiger partial charge is 0.0144 e. The van der Waals surface area contributed by atoms with E-state index in [0.29, 0.717) is 0 Å². The van der Waals surface area contributed by atoms with E-state index in [0.717, 1.165) is 19.3 Å². The molecule has 1 atom stereocenters. The Labute approximate surface area is 111 Å². The molecular weight excluding hydrogens is 216 g/mol. The lowest BCUT2D eigenvalue weighted by atomic mass is 9.73. The molecule has 0 heterocycles. The van der Waals surface area contributed by atoms with Crippen LogP contribution in [0.3, 0.4) is 0 Å². The summed E-state index contributed by atoms with van der Waals surface area (Å²) in [6.07, 6.45) is 10.4. The molecule has 0 nitrogen and oxygen atoms in total. The van der Waals surface area contributed by atoms with E-state index >= 15 is 0 Å². The van der Waals surface area contributed by atoms with Gasteiger partial charge in [0, 0.05) is 5.41 Å². The van der Waals surface area contributed by atoms with E-state index in [1.165, 1.54) is 22.3 Å². The molecule has 1 aromatic carbocycles. The molecule has 0 radical (unpaired) electrons. The topological polar surface area (TPSA) is 0 Å². The van der Waals surface area contributed by atoms with Gasteiger partial charge in [-0.2, -0.15) is 0 Å². The Bertz CT molecular complexity index is 491. The quantitative estimate of drug-likeness (QED) is 0.699. The fourth-order valence-corrected chi connectivity index (χ4v) is 2.71. The molecule has 1 unspecified atom stereocenters. The molecular formula is C18H24. The van der Waals surface area contributed by atoms with E-state index in [9.17, 15) is 0 Å². The van der Waals surface area contributed by atoms with E-state index in [4.69, 9.17) is 0 Å². The molecule has 0 spiro atoms. The number of rotatable bonds is 3. The molecule has 2 rings (SSSR count). The lowest BCUT2D eigenvalue weighted by Gasteiger charge is -2.31. The van der Waals surface area contributed by atoms with Crippen molar-refractivity contribution in [2.45, 2.75) is 52.4 Å². The molecule has 0 bridgehead atoms. The molecule has 18 heavy (non-hydrogen) atoms. The zero-order chi connectivity index (χ0) is 13.2. The molecule has 0 amide bonds. The van der Waals surface area contributed by atoms with Gasteiger partial charge in [-0.15, -0.1) is 0 Å². The van der Waals surface area contributed by atoms with Crippen LogP contribution in [0.25, 0.3) is 0 Å². The van der Waals surface area contributed by atoms with Gasteiger partial charge in [0.2, 0.25) is 0 Å². The third-order valence-electron chi connectivity index (χ3n) is 4.14. The molecule has 1 aliphatic carbocycles. The molecule has 0 saturated carbocycles. The van der Waals surface area contributed by atoms with Crippen molar-refractivity contribution in [3.63, 3.8) is 0 Å². The van der Waals surface area contributed by atoms with Gasteiger partial charge in [0.1, 0.15) is 0 Å². The number of allylic oxidation sites excluding steroid dienone is 4. The first-order valence-corrected chi connectivity index (χ1v) is 7.07. The standard InChI is InChI=1S/C18H24/c1-5-15-7-8-16(6-2)17(13-15)18(4)11-9-14(3)10-12-18/h7-11,13H,5-6,12H2,1-4H3. The van der Waals surface area contributed by atoms with Crippen LogP contribution in [0.1, 0.15) is 50.8 Å². The van der Waals surface area contributed by atoms with Gasteiger partial charge in [-0.25, -0.2) is 0 Å². The molecule has 1 aromatic rings. The van der Waals surface area contributed by atoms with Crippen molar-refractivity contribution in [3.8, 4) is 0 Å². The number of hydrogen-bond acceptors (Lipinski definition) is 0. The highest BCUT2D eigenvalue weighted by Crippen LogP contribution is 2.36. The summed E-state index contributed by atoms with van der Waals surface area (Å²) < 4.78 is 0. The summed E-state index contributed by atoms with van der Waals surface area (Å²) in [4.78, 5) is 0. The van der Waals surface area contributed by atoms with Crippen LogP contribution in [0.5, 0.6) is 0 Å². The Hall–Kier alpha value is -1.30. The average Bonchev–Trinajstić information content (AvgIpc) is 2.41. The number of hydrogen-bond donors (Lipinski definition) is 0. The summed E-state index contributed by atoms with van der Waals surface area (Å²) in [5.74, 6) is 0. The highest BCUT2D eigenvalue weighted by Gasteiger charge is 2.26. The van der Waals surface area contributed by atoms with E-state index in [-0.39, 0.29) is 5.41 Å². The Morgan fingerprint density at radius 2 is 1.94 bits per heavy atom. The first-order valence-electron chi connectivity index (χ1n) is 7.07. The zero-order valence-electron chi connectivity index (χ0n) is 12.1. The van der Waals surface area contributed by atoms with Gasteiger partial charge in [-0.05, 0) is 42.9 Å². The van der Waals surface area contributed by atoms with Gasteiger partial charge >= 0.3 is 0 Å². The van der Waals surface area contributed by atoms with Crippen molar-refractivity contribution in [2.24, 2.45) is 0 Å². The molecule has 0 aromatic heterocycles. The van der Waals surface area contributed by atoms with E-state index < -0.39 is 0 Å². The minimum Gasteiger partial charge on any atom is -0.0804 e. The Morgan fingerprint density at radius 3 is 2.50 bits per heavy atom. The second-order valence-corrected chi connectivity index (χ2v) is 5.60. The monoisotopic (exact) mass is 240 g/mol. The third kappa shape index (κ3) is 2.43. The SMILES string of the molecule is CCc1ccc(CC)c(C2(C)C=CC(C)=CC2)c1. The van der Waals surface area contributed by atoms with Crippen molar-refractivity contribution >= 4 is 0 Å². The second-order valence-electron chi connectivity index (χ2n) is 5.60. The van der Waals surface area contributed by atoms with Crippen LogP contribution in [0, 0.1) is 0 Å². The lowest BCUT2D eigenvalue weighted by Crippen LogP contribution is -2.22. The van der Waals surface area contributed by atoms with Gasteiger partial charge in [0.15, 0.2) is 0 Å². The van der Waals surface area contributed by atoms with E-state index in [2.05, 4.69) is 64.1 Å². The van der Waals surface area contributed by atoms with Crippen molar-refractivity contribution in [2.75, 3.05) is 0 Å². The Kier molecular flexibility index (Phi) is 3.75. The summed E-state index contributed by atoms with van der Waals surface area (Å²) in [5, 5.41) is 0. The maximum Gasteiger partial charge on any atom is 0.0144 e. The minimum absolute atomic E-state index is 0.177. The summed E-state index contributed by atoms with van der Waals surface area (Å²) in [7, 11) is 0. The fraction of sp³-hybridized carbons (Fsp3) is 0.444. The molecule has 0 heteroatoms. The van der Waals surface area contributed by atoms with Crippen molar-refractivity contribution in [1.29, 1.82) is 0 Å². The summed E-state index contributed by atoms with van der Waals surface area (Å²) in [6, 6.07) is 7.01. The van der Waals surface area contributed by atoms with Crippen molar-refractivity contribution in [1.82, 2.24) is 0 Å². The molecule has 0 fully saturated rings. The van der Waals surface area contributed by atoms with Crippen molar-refractivity contribution in [3.05, 3.63) is 58.7 Å². The molecule has 96 valence electrons. The van der Waals surface area contributed by atoms with Crippen LogP contribution in [0.2, 0.25) is 0 Å². The van der Waals surface area contributed by atoms with E-state index in [1.807, 2.05) is 0 Å². The highest BCUT2D eigenvalue weighted by molar-refractivity contribution is 5.44. The van der Waals surface area contributed by atoms with Gasteiger partial charge < -0.3 is 0 Å². The van der Waals surface area contributed by atoms with Gasteiger partial charge in [-0.1, -0.05) is 62.8 Å². The highest BCUT2D eigenvalue weighted by atomic mass is 14.3. The Morgan fingerprint density at radius 1 is 1.17 bits per heavy atom. The predicted octanol–water partition coefficient (Wildman–Crippen LogP) is 4.98. The van der Waals surface area contributed by atoms with Crippen molar-refractivity contribution < 1.29 is 0 Å². The summed E-state index contributed by atoms with van der Waals surface area (Å²) >= 11 is 0. The number of aryl methyl sites for hydroxylation is 2. The molecule has 1 aliphatic rings. The minimum atomic E-state index is 0.177. The molecule has 0 saturated heterocycles. The van der Waals surface area contributed by atoms with Crippen LogP contribution in [-0.4, -0.2) is 0 Å². The van der Waals surface area contributed by atoms with Crippen LogP contribution in [0.4, 0.5) is 0 Å². The zero-order valence-corrected chi connectivity index (χ0v) is 12.1. The molecule has 0 aliphatic heterocycles. The predicted molar refractivity (Wildman–Crippen MR) is 80.1 cm³/mol. The lowest BCUT2D eigenvalue weighted by molar-refractivity contribution is 0.589. The van der Waals surface area contributed by atoms with Crippen LogP contribution in [-0.2, 0) is 18.3 Å². The normalized spacial score (nSPS) is 23.0. The maximum atomic E-state index is 2.41. The third-order valence-corrected chi connectivity index (χ3v) is 4.14. The summed E-state index contributed by atoms with van der Waals surface area (Å²) in [6.45, 7) is 9.02. The fourth-order valence-electron chi connectivity index (χ4n) is 2.71.